The summed E-state index contributed by atoms with van der Waals surface area (Å²) >= 11 is 5.33. The Morgan fingerprint density at radius 3 is 2.39 bits per heavy atom. The first-order chi connectivity index (χ1) is 13.5. The van der Waals surface area contributed by atoms with Gasteiger partial charge in [-0.3, -0.25) is 4.90 Å². The second-order valence-corrected chi connectivity index (χ2v) is 9.77. The standard InChI is InChI=1S/C19H26N4O3S2/c24-28(25,22-12-5-2-6-13-22)17-9-7-8-16(14-17)18-20-23(19(27)26-18)15-21-10-3-1-4-11-21/h7-9,14H,1-6,10-13,15H2. The quantitative estimate of drug-likeness (QED) is 0.687. The Morgan fingerprint density at radius 2 is 1.68 bits per heavy atom. The third-order valence-corrected chi connectivity index (χ3v) is 7.61. The van der Waals surface area contributed by atoms with Crippen LogP contribution in [0.25, 0.3) is 11.5 Å². The van der Waals surface area contributed by atoms with Gasteiger partial charge in [0.15, 0.2) is 0 Å². The van der Waals surface area contributed by atoms with E-state index in [-0.39, 0.29) is 4.90 Å². The number of sulfonamides is 1. The van der Waals surface area contributed by atoms with Gasteiger partial charge in [0.25, 0.3) is 4.84 Å². The largest absolute Gasteiger partial charge is 0.409 e. The molecule has 152 valence electrons. The third kappa shape index (κ3) is 4.22. The predicted octanol–water partition coefficient (Wildman–Crippen LogP) is 3.49. The Labute approximate surface area is 171 Å². The molecule has 2 fully saturated rings. The molecule has 0 bridgehead atoms. The van der Waals surface area contributed by atoms with Crippen LogP contribution in [0.2, 0.25) is 0 Å². The SMILES string of the molecule is O=S(=O)(c1cccc(-c2nn(CN3CCCCC3)c(=S)o2)c1)N1CCCCC1. The zero-order valence-corrected chi connectivity index (χ0v) is 17.6. The van der Waals surface area contributed by atoms with E-state index in [1.54, 1.807) is 33.3 Å². The fourth-order valence-corrected chi connectivity index (χ4v) is 5.59. The summed E-state index contributed by atoms with van der Waals surface area (Å²) in [5.41, 5.74) is 0.626. The Balaban J connectivity index is 1.57. The molecule has 9 heteroatoms. The number of aromatic nitrogens is 2. The molecule has 0 amide bonds. The molecule has 0 N–H and O–H groups in total. The minimum absolute atomic E-state index is 0.276. The lowest BCUT2D eigenvalue weighted by Gasteiger charge is -2.26. The molecule has 28 heavy (non-hydrogen) atoms. The zero-order chi connectivity index (χ0) is 19.6. The zero-order valence-electron chi connectivity index (χ0n) is 15.9. The lowest BCUT2D eigenvalue weighted by molar-refractivity contribution is 0.170. The highest BCUT2D eigenvalue weighted by Crippen LogP contribution is 2.25. The fraction of sp³-hybridized carbons (Fsp3) is 0.579. The first-order valence-electron chi connectivity index (χ1n) is 9.95. The van der Waals surface area contributed by atoms with Gasteiger partial charge >= 0.3 is 0 Å². The van der Waals surface area contributed by atoms with Crippen molar-refractivity contribution >= 4 is 22.2 Å². The van der Waals surface area contributed by atoms with Gasteiger partial charge < -0.3 is 4.42 Å². The molecule has 4 rings (SSSR count). The molecule has 2 aromatic rings. The minimum Gasteiger partial charge on any atom is -0.409 e. The maximum Gasteiger partial charge on any atom is 0.288 e. The number of hydrogen-bond acceptors (Lipinski definition) is 6. The van der Waals surface area contributed by atoms with Gasteiger partial charge in [0.1, 0.15) is 0 Å². The first-order valence-corrected chi connectivity index (χ1v) is 11.8. The van der Waals surface area contributed by atoms with Crippen molar-refractivity contribution < 1.29 is 12.8 Å². The van der Waals surface area contributed by atoms with Gasteiger partial charge in [0.2, 0.25) is 15.9 Å². The van der Waals surface area contributed by atoms with Crippen LogP contribution < -0.4 is 0 Å². The topological polar surface area (TPSA) is 71.6 Å². The van der Waals surface area contributed by atoms with Gasteiger partial charge in [-0.15, -0.1) is 5.10 Å². The van der Waals surface area contributed by atoms with E-state index in [2.05, 4.69) is 10.00 Å². The Morgan fingerprint density at radius 1 is 1.00 bits per heavy atom. The summed E-state index contributed by atoms with van der Waals surface area (Å²) in [7, 11) is -3.50. The third-order valence-electron chi connectivity index (χ3n) is 5.42. The van der Waals surface area contributed by atoms with E-state index in [1.165, 1.54) is 19.3 Å². The molecule has 3 heterocycles. The summed E-state index contributed by atoms with van der Waals surface area (Å²) in [6.45, 7) is 3.84. The average Bonchev–Trinajstić information content (AvgIpc) is 3.10. The van der Waals surface area contributed by atoms with Gasteiger partial charge in [-0.2, -0.15) is 4.31 Å². The van der Waals surface area contributed by atoms with Crippen molar-refractivity contribution in [2.24, 2.45) is 0 Å². The number of piperidine rings is 2. The Kier molecular flexibility index (Phi) is 5.96. The number of nitrogens with zero attached hydrogens (tertiary/aromatic N) is 4. The number of benzene rings is 1. The molecule has 2 saturated heterocycles. The summed E-state index contributed by atoms with van der Waals surface area (Å²) in [6.07, 6.45) is 6.55. The molecule has 0 unspecified atom stereocenters. The second kappa shape index (κ2) is 8.44. The molecular formula is C19H26N4O3S2. The van der Waals surface area contributed by atoms with E-state index in [0.717, 1.165) is 32.4 Å². The molecule has 7 nitrogen and oxygen atoms in total. The smallest absolute Gasteiger partial charge is 0.288 e. The van der Waals surface area contributed by atoms with E-state index in [1.807, 2.05) is 0 Å². The van der Waals surface area contributed by atoms with Crippen molar-refractivity contribution in [2.75, 3.05) is 26.2 Å². The lowest BCUT2D eigenvalue weighted by Crippen LogP contribution is -2.35. The summed E-state index contributed by atoms with van der Waals surface area (Å²) in [5, 5.41) is 4.51. The van der Waals surface area contributed by atoms with Crippen LogP contribution in [-0.2, 0) is 16.7 Å². The van der Waals surface area contributed by atoms with Gasteiger partial charge in [0.05, 0.1) is 11.6 Å². The Hall–Kier alpha value is -1.55. The van der Waals surface area contributed by atoms with Gasteiger partial charge in [-0.05, 0) is 69.2 Å². The highest BCUT2D eigenvalue weighted by Gasteiger charge is 2.26. The molecule has 0 atom stereocenters. The highest BCUT2D eigenvalue weighted by atomic mass is 32.2. The van der Waals surface area contributed by atoms with Crippen molar-refractivity contribution in [1.82, 2.24) is 19.0 Å². The molecule has 0 aliphatic carbocycles. The highest BCUT2D eigenvalue weighted by molar-refractivity contribution is 7.89. The molecule has 0 saturated carbocycles. The van der Waals surface area contributed by atoms with E-state index in [0.29, 0.717) is 36.0 Å². The van der Waals surface area contributed by atoms with Crippen LogP contribution in [-0.4, -0.2) is 53.6 Å². The van der Waals surface area contributed by atoms with E-state index in [9.17, 15) is 8.42 Å². The van der Waals surface area contributed by atoms with Crippen LogP contribution in [0.1, 0.15) is 38.5 Å². The summed E-state index contributed by atoms with van der Waals surface area (Å²) in [6, 6.07) is 6.80. The number of rotatable bonds is 5. The molecule has 1 aromatic heterocycles. The molecule has 1 aromatic carbocycles. The maximum atomic E-state index is 12.9. The van der Waals surface area contributed by atoms with Crippen LogP contribution in [0, 0.1) is 4.84 Å². The summed E-state index contributed by atoms with van der Waals surface area (Å²) in [4.78, 5) is 2.89. The van der Waals surface area contributed by atoms with E-state index < -0.39 is 10.0 Å². The van der Waals surface area contributed by atoms with Gasteiger partial charge in [-0.25, -0.2) is 13.1 Å². The molecule has 2 aliphatic heterocycles. The predicted molar refractivity (Wildman–Crippen MR) is 109 cm³/mol. The second-order valence-electron chi connectivity index (χ2n) is 7.49. The molecular weight excluding hydrogens is 396 g/mol. The summed E-state index contributed by atoms with van der Waals surface area (Å²) < 4.78 is 34.8. The molecule has 0 spiro atoms. The number of hydrogen-bond donors (Lipinski definition) is 0. The van der Waals surface area contributed by atoms with E-state index in [4.69, 9.17) is 16.6 Å². The first kappa shape index (κ1) is 19.8. The normalized spacial score (nSPS) is 19.7. The summed E-state index contributed by atoms with van der Waals surface area (Å²) in [5.74, 6) is 0.359. The van der Waals surface area contributed by atoms with Crippen LogP contribution in [0.5, 0.6) is 0 Å². The van der Waals surface area contributed by atoms with Crippen molar-refractivity contribution in [1.29, 1.82) is 0 Å². The fourth-order valence-electron chi connectivity index (χ4n) is 3.85. The molecule has 0 radical (unpaired) electrons. The van der Waals surface area contributed by atoms with Gasteiger partial charge in [0, 0.05) is 18.7 Å². The van der Waals surface area contributed by atoms with Crippen LogP contribution in [0.3, 0.4) is 0 Å². The van der Waals surface area contributed by atoms with Crippen LogP contribution in [0.4, 0.5) is 0 Å². The van der Waals surface area contributed by atoms with Crippen LogP contribution >= 0.6 is 12.2 Å². The number of likely N-dealkylation sites (tertiary alicyclic amines) is 1. The molecule has 2 aliphatic rings. The van der Waals surface area contributed by atoms with Crippen molar-refractivity contribution in [2.45, 2.75) is 50.1 Å². The average molecular weight is 423 g/mol. The minimum atomic E-state index is -3.50. The van der Waals surface area contributed by atoms with E-state index >= 15 is 0 Å². The van der Waals surface area contributed by atoms with Crippen molar-refractivity contribution in [3.63, 3.8) is 0 Å². The lowest BCUT2D eigenvalue weighted by atomic mass is 10.1. The van der Waals surface area contributed by atoms with Gasteiger partial charge in [-0.1, -0.05) is 18.9 Å². The van der Waals surface area contributed by atoms with Crippen molar-refractivity contribution in [3.8, 4) is 11.5 Å². The van der Waals surface area contributed by atoms with Crippen LogP contribution in [0.15, 0.2) is 33.6 Å². The maximum absolute atomic E-state index is 12.9. The monoisotopic (exact) mass is 422 g/mol. The van der Waals surface area contributed by atoms with Crippen molar-refractivity contribution in [3.05, 3.63) is 29.1 Å². The Bertz CT molecular complexity index is 971.